The van der Waals surface area contributed by atoms with E-state index in [0.29, 0.717) is 12.8 Å². The quantitative estimate of drug-likeness (QED) is 0.689. The lowest BCUT2D eigenvalue weighted by Crippen LogP contribution is -2.46. The molecule has 20 heavy (non-hydrogen) atoms. The summed E-state index contributed by atoms with van der Waals surface area (Å²) in [5.41, 5.74) is -0.715. The molecule has 0 radical (unpaired) electrons. The maximum absolute atomic E-state index is 12.2. The molecule has 1 rings (SSSR count). The van der Waals surface area contributed by atoms with Gasteiger partial charge in [0.15, 0.2) is 0 Å². The van der Waals surface area contributed by atoms with Crippen molar-refractivity contribution in [2.75, 3.05) is 13.6 Å². The van der Waals surface area contributed by atoms with Crippen LogP contribution < -0.4 is 10.6 Å². The molecule has 1 saturated carbocycles. The second-order valence-electron chi connectivity index (χ2n) is 6.31. The predicted octanol–water partition coefficient (Wildman–Crippen LogP) is 0.622. The first-order valence-corrected chi connectivity index (χ1v) is 6.91. The summed E-state index contributed by atoms with van der Waals surface area (Å²) >= 11 is 0. The van der Waals surface area contributed by atoms with Gasteiger partial charge in [-0.1, -0.05) is 6.92 Å². The Balaban J connectivity index is 2.63. The van der Waals surface area contributed by atoms with Crippen molar-refractivity contribution in [3.8, 4) is 0 Å². The molecule has 1 aliphatic rings. The highest BCUT2D eigenvalue weighted by atomic mass is 16.4. The van der Waals surface area contributed by atoms with Gasteiger partial charge in [-0.25, -0.2) is 0 Å². The SMILES string of the molecule is CNC(=O)C(C)(C)CNC(=O)C1CC(C)CC1C(=O)O. The Hall–Kier alpha value is -1.59. The van der Waals surface area contributed by atoms with Gasteiger partial charge in [-0.3, -0.25) is 14.4 Å². The van der Waals surface area contributed by atoms with Gasteiger partial charge in [-0.15, -0.1) is 0 Å². The third kappa shape index (κ3) is 3.71. The van der Waals surface area contributed by atoms with Crippen molar-refractivity contribution in [1.82, 2.24) is 10.6 Å². The molecule has 0 aromatic rings. The van der Waals surface area contributed by atoms with Crippen LogP contribution in [-0.2, 0) is 14.4 Å². The van der Waals surface area contributed by atoms with Crippen molar-refractivity contribution in [3.05, 3.63) is 0 Å². The molecule has 1 aliphatic carbocycles. The summed E-state index contributed by atoms with van der Waals surface area (Å²) in [7, 11) is 1.55. The molecule has 3 unspecified atom stereocenters. The van der Waals surface area contributed by atoms with E-state index in [1.165, 1.54) is 0 Å². The van der Waals surface area contributed by atoms with E-state index in [1.807, 2.05) is 6.92 Å². The van der Waals surface area contributed by atoms with Crippen molar-refractivity contribution in [3.63, 3.8) is 0 Å². The minimum atomic E-state index is -0.917. The number of carbonyl (C=O) groups is 3. The zero-order chi connectivity index (χ0) is 15.5. The van der Waals surface area contributed by atoms with Crippen LogP contribution in [-0.4, -0.2) is 36.5 Å². The molecular formula is C14H24N2O4. The van der Waals surface area contributed by atoms with E-state index in [9.17, 15) is 14.4 Å². The molecule has 114 valence electrons. The largest absolute Gasteiger partial charge is 0.481 e. The molecule has 3 N–H and O–H groups in total. The Morgan fingerprint density at radius 1 is 1.20 bits per heavy atom. The molecule has 0 aromatic carbocycles. The summed E-state index contributed by atoms with van der Waals surface area (Å²) < 4.78 is 0. The smallest absolute Gasteiger partial charge is 0.307 e. The van der Waals surface area contributed by atoms with Gasteiger partial charge in [-0.2, -0.15) is 0 Å². The Labute approximate surface area is 119 Å². The van der Waals surface area contributed by atoms with Gasteiger partial charge < -0.3 is 15.7 Å². The van der Waals surface area contributed by atoms with E-state index in [1.54, 1.807) is 20.9 Å². The fourth-order valence-electron chi connectivity index (χ4n) is 2.71. The van der Waals surface area contributed by atoms with Crippen molar-refractivity contribution >= 4 is 17.8 Å². The van der Waals surface area contributed by atoms with Crippen LogP contribution in [0.3, 0.4) is 0 Å². The van der Waals surface area contributed by atoms with E-state index < -0.39 is 23.2 Å². The van der Waals surface area contributed by atoms with Gasteiger partial charge in [-0.05, 0) is 32.6 Å². The molecule has 1 fully saturated rings. The van der Waals surface area contributed by atoms with Crippen molar-refractivity contribution in [2.24, 2.45) is 23.2 Å². The van der Waals surface area contributed by atoms with Crippen LogP contribution in [0, 0.1) is 23.2 Å². The number of hydrogen-bond donors (Lipinski definition) is 3. The summed E-state index contributed by atoms with van der Waals surface area (Å²) in [4.78, 5) is 35.0. The highest BCUT2D eigenvalue weighted by molar-refractivity contribution is 5.86. The summed E-state index contributed by atoms with van der Waals surface area (Å²) in [6.45, 7) is 5.62. The molecule has 0 spiro atoms. The molecule has 6 heteroatoms. The predicted molar refractivity (Wildman–Crippen MR) is 73.9 cm³/mol. The Kier molecular flexibility index (Phi) is 5.14. The first-order valence-electron chi connectivity index (χ1n) is 6.91. The van der Waals surface area contributed by atoms with Crippen LogP contribution in [0.4, 0.5) is 0 Å². The standard InChI is InChI=1S/C14H24N2O4/c1-8-5-9(10(6-8)12(18)19)11(17)16-7-14(2,3)13(20)15-4/h8-10H,5-7H2,1-4H3,(H,15,20)(H,16,17)(H,18,19). The van der Waals surface area contributed by atoms with E-state index in [2.05, 4.69) is 10.6 Å². The van der Waals surface area contributed by atoms with Crippen LogP contribution in [0.2, 0.25) is 0 Å². The minimum Gasteiger partial charge on any atom is -0.481 e. The number of amides is 2. The average molecular weight is 284 g/mol. The highest BCUT2D eigenvalue weighted by Crippen LogP contribution is 2.36. The van der Waals surface area contributed by atoms with Crippen LogP contribution >= 0.6 is 0 Å². The Morgan fingerprint density at radius 3 is 2.25 bits per heavy atom. The number of aliphatic carboxylic acids is 1. The molecule has 3 atom stereocenters. The normalized spacial score (nSPS) is 26.1. The van der Waals surface area contributed by atoms with E-state index in [4.69, 9.17) is 5.11 Å². The second-order valence-corrected chi connectivity index (χ2v) is 6.31. The van der Waals surface area contributed by atoms with E-state index >= 15 is 0 Å². The lowest BCUT2D eigenvalue weighted by Gasteiger charge is -2.24. The van der Waals surface area contributed by atoms with Gasteiger partial charge in [0.2, 0.25) is 11.8 Å². The Morgan fingerprint density at radius 2 is 1.75 bits per heavy atom. The summed E-state index contributed by atoms with van der Waals surface area (Å²) in [6, 6.07) is 0. The first-order chi connectivity index (χ1) is 9.19. The van der Waals surface area contributed by atoms with Crippen molar-refractivity contribution in [1.29, 1.82) is 0 Å². The van der Waals surface area contributed by atoms with Crippen LogP contribution in [0.15, 0.2) is 0 Å². The van der Waals surface area contributed by atoms with Gasteiger partial charge in [0, 0.05) is 13.6 Å². The Bertz CT molecular complexity index is 406. The number of nitrogens with one attached hydrogen (secondary N) is 2. The average Bonchev–Trinajstić information content (AvgIpc) is 2.77. The zero-order valence-corrected chi connectivity index (χ0v) is 12.5. The monoisotopic (exact) mass is 284 g/mol. The number of rotatable bonds is 5. The highest BCUT2D eigenvalue weighted by Gasteiger charge is 2.41. The molecule has 0 aromatic heterocycles. The van der Waals surface area contributed by atoms with Gasteiger partial charge in [0.05, 0.1) is 17.3 Å². The van der Waals surface area contributed by atoms with Gasteiger partial charge in [0.25, 0.3) is 0 Å². The van der Waals surface area contributed by atoms with Crippen LogP contribution in [0.1, 0.15) is 33.6 Å². The second kappa shape index (κ2) is 6.24. The van der Waals surface area contributed by atoms with Crippen molar-refractivity contribution in [2.45, 2.75) is 33.6 Å². The number of carboxylic acid groups (broad SMARTS) is 1. The molecule has 6 nitrogen and oxygen atoms in total. The van der Waals surface area contributed by atoms with Gasteiger partial charge in [0.1, 0.15) is 0 Å². The maximum Gasteiger partial charge on any atom is 0.307 e. The fraction of sp³-hybridized carbons (Fsp3) is 0.786. The zero-order valence-electron chi connectivity index (χ0n) is 12.5. The number of hydrogen-bond acceptors (Lipinski definition) is 3. The minimum absolute atomic E-state index is 0.160. The van der Waals surface area contributed by atoms with Crippen LogP contribution in [0.25, 0.3) is 0 Å². The maximum atomic E-state index is 12.2. The summed E-state index contributed by atoms with van der Waals surface area (Å²) in [6.07, 6.45) is 1.12. The number of carboxylic acids is 1. The molecule has 0 aliphatic heterocycles. The lowest BCUT2D eigenvalue weighted by atomic mass is 9.91. The van der Waals surface area contributed by atoms with E-state index in [0.717, 1.165) is 0 Å². The summed E-state index contributed by atoms with van der Waals surface area (Å²) in [5.74, 6) is -2.22. The fourth-order valence-corrected chi connectivity index (χ4v) is 2.71. The van der Waals surface area contributed by atoms with Crippen LogP contribution in [0.5, 0.6) is 0 Å². The topological polar surface area (TPSA) is 95.5 Å². The molecule has 2 amide bonds. The van der Waals surface area contributed by atoms with Crippen molar-refractivity contribution < 1.29 is 19.5 Å². The molecular weight excluding hydrogens is 260 g/mol. The molecule has 0 bridgehead atoms. The third-order valence-corrected chi connectivity index (χ3v) is 4.00. The molecule has 0 saturated heterocycles. The molecule has 0 heterocycles. The first kappa shape index (κ1) is 16.5. The third-order valence-electron chi connectivity index (χ3n) is 4.00. The lowest BCUT2D eigenvalue weighted by molar-refractivity contribution is -0.146. The van der Waals surface area contributed by atoms with E-state index in [-0.39, 0.29) is 24.3 Å². The van der Waals surface area contributed by atoms with Gasteiger partial charge >= 0.3 is 5.97 Å². The number of carbonyl (C=O) groups excluding carboxylic acids is 2. The summed E-state index contributed by atoms with van der Waals surface area (Å²) in [5, 5.41) is 14.4.